The third kappa shape index (κ3) is 5.13. The molecule has 0 bridgehead atoms. The molecule has 4 nitrogen and oxygen atoms in total. The largest absolute Gasteiger partial charge is 0.311 e. The van der Waals surface area contributed by atoms with Crippen LogP contribution in [0.2, 0.25) is 0 Å². The topological polar surface area (TPSA) is 46.9 Å². The van der Waals surface area contributed by atoms with Crippen LogP contribution in [0.5, 0.6) is 0 Å². The lowest BCUT2D eigenvalue weighted by molar-refractivity contribution is 0.454. The zero-order valence-corrected chi connectivity index (χ0v) is 11.1. The van der Waals surface area contributed by atoms with Crippen molar-refractivity contribution in [1.29, 1.82) is 0 Å². The van der Waals surface area contributed by atoms with Crippen molar-refractivity contribution in [1.82, 2.24) is 15.1 Å². The Kier molecular flexibility index (Phi) is 5.91. The van der Waals surface area contributed by atoms with Gasteiger partial charge in [0.2, 0.25) is 0 Å². The van der Waals surface area contributed by atoms with Gasteiger partial charge in [0.25, 0.3) is 5.56 Å². The van der Waals surface area contributed by atoms with Crippen molar-refractivity contribution in [3.05, 3.63) is 28.2 Å². The third-order valence-electron chi connectivity index (χ3n) is 2.47. The highest BCUT2D eigenvalue weighted by atomic mass is 16.1. The molecule has 0 saturated carbocycles. The van der Waals surface area contributed by atoms with Crippen molar-refractivity contribution in [3.8, 4) is 0 Å². The molecular weight excluding hydrogens is 214 g/mol. The quantitative estimate of drug-likeness (QED) is 0.735. The van der Waals surface area contributed by atoms with Crippen LogP contribution in [0, 0.1) is 5.92 Å². The summed E-state index contributed by atoms with van der Waals surface area (Å²) in [4.78, 5) is 11.6. The highest BCUT2D eigenvalue weighted by Crippen LogP contribution is 1.96. The van der Waals surface area contributed by atoms with Gasteiger partial charge in [-0.25, -0.2) is 4.68 Å². The van der Waals surface area contributed by atoms with E-state index < -0.39 is 0 Å². The lowest BCUT2D eigenvalue weighted by atomic mass is 10.2. The number of nitrogens with one attached hydrogen (secondary N) is 1. The second-order valence-electron chi connectivity index (χ2n) is 4.77. The van der Waals surface area contributed by atoms with Crippen molar-refractivity contribution < 1.29 is 0 Å². The zero-order valence-electron chi connectivity index (χ0n) is 11.1. The van der Waals surface area contributed by atoms with Gasteiger partial charge in [0.05, 0.1) is 5.69 Å². The molecule has 0 unspecified atom stereocenters. The van der Waals surface area contributed by atoms with Gasteiger partial charge in [0.1, 0.15) is 0 Å². The minimum atomic E-state index is -0.0176. The first-order valence-electron chi connectivity index (χ1n) is 6.41. The summed E-state index contributed by atoms with van der Waals surface area (Å²) < 4.78 is 1.56. The van der Waals surface area contributed by atoms with Gasteiger partial charge in [0.15, 0.2) is 0 Å². The van der Waals surface area contributed by atoms with Crippen LogP contribution in [0.15, 0.2) is 16.9 Å². The van der Waals surface area contributed by atoms with Gasteiger partial charge in [0, 0.05) is 19.2 Å². The monoisotopic (exact) mass is 237 g/mol. The normalized spacial score (nSPS) is 11.1. The molecule has 0 amide bonds. The summed E-state index contributed by atoms with van der Waals surface area (Å²) in [6.45, 7) is 8.75. The molecule has 0 aliphatic heterocycles. The lowest BCUT2D eigenvalue weighted by Crippen LogP contribution is -2.26. The van der Waals surface area contributed by atoms with Gasteiger partial charge in [-0.15, -0.1) is 0 Å². The van der Waals surface area contributed by atoms with Gasteiger partial charge >= 0.3 is 0 Å². The molecule has 0 radical (unpaired) electrons. The highest BCUT2D eigenvalue weighted by Gasteiger charge is 2.02. The standard InChI is InChI=1S/C13H23N3O/c1-4-5-8-14-9-12-6-7-13(17)16(15-12)10-11(2)3/h6-7,11,14H,4-5,8-10H2,1-3H3. The van der Waals surface area contributed by atoms with Crippen LogP contribution in [-0.2, 0) is 13.1 Å². The summed E-state index contributed by atoms with van der Waals surface area (Å²) in [5.74, 6) is 0.434. The molecule has 17 heavy (non-hydrogen) atoms. The van der Waals surface area contributed by atoms with Crippen LogP contribution in [0.25, 0.3) is 0 Å². The first kappa shape index (κ1) is 13.9. The highest BCUT2D eigenvalue weighted by molar-refractivity contribution is 5.00. The molecular formula is C13H23N3O. The zero-order chi connectivity index (χ0) is 12.7. The molecule has 0 atom stereocenters. The maximum Gasteiger partial charge on any atom is 0.266 e. The fourth-order valence-electron chi connectivity index (χ4n) is 1.58. The molecule has 96 valence electrons. The Bertz CT molecular complexity index is 384. The molecule has 0 fully saturated rings. The number of aromatic nitrogens is 2. The SMILES string of the molecule is CCCCNCc1ccc(=O)n(CC(C)C)n1. The van der Waals surface area contributed by atoms with Crippen LogP contribution < -0.4 is 10.9 Å². The number of hydrogen-bond acceptors (Lipinski definition) is 3. The van der Waals surface area contributed by atoms with Gasteiger partial charge < -0.3 is 5.32 Å². The number of rotatable bonds is 7. The minimum Gasteiger partial charge on any atom is -0.311 e. The van der Waals surface area contributed by atoms with Crippen LogP contribution in [0.1, 0.15) is 39.3 Å². The fraction of sp³-hybridized carbons (Fsp3) is 0.692. The van der Waals surface area contributed by atoms with Crippen LogP contribution in [0.3, 0.4) is 0 Å². The predicted molar refractivity (Wildman–Crippen MR) is 69.9 cm³/mol. The molecule has 0 aliphatic carbocycles. The number of hydrogen-bond donors (Lipinski definition) is 1. The number of unbranched alkanes of at least 4 members (excludes halogenated alkanes) is 1. The third-order valence-corrected chi connectivity index (χ3v) is 2.47. The van der Waals surface area contributed by atoms with E-state index in [0.29, 0.717) is 12.5 Å². The molecule has 0 aromatic carbocycles. The van der Waals surface area contributed by atoms with Crippen LogP contribution >= 0.6 is 0 Å². The molecule has 0 spiro atoms. The maximum absolute atomic E-state index is 11.6. The number of nitrogens with zero attached hydrogens (tertiary/aromatic N) is 2. The Labute approximate surface area is 103 Å². The average Bonchev–Trinajstić information content (AvgIpc) is 2.28. The summed E-state index contributed by atoms with van der Waals surface area (Å²) in [6, 6.07) is 3.41. The summed E-state index contributed by atoms with van der Waals surface area (Å²) in [5.41, 5.74) is 0.914. The Morgan fingerprint density at radius 1 is 1.41 bits per heavy atom. The molecule has 1 heterocycles. The first-order chi connectivity index (χ1) is 8.13. The first-order valence-corrected chi connectivity index (χ1v) is 6.41. The Morgan fingerprint density at radius 3 is 2.82 bits per heavy atom. The van der Waals surface area contributed by atoms with E-state index in [0.717, 1.165) is 18.8 Å². The molecule has 4 heteroatoms. The molecule has 1 rings (SSSR count). The van der Waals surface area contributed by atoms with E-state index in [4.69, 9.17) is 0 Å². The molecule has 1 aromatic rings. The van der Waals surface area contributed by atoms with Crippen molar-refractivity contribution in [2.24, 2.45) is 5.92 Å². The summed E-state index contributed by atoms with van der Waals surface area (Å²) in [6.07, 6.45) is 2.36. The Balaban J connectivity index is 2.58. The van der Waals surface area contributed by atoms with E-state index >= 15 is 0 Å². The smallest absolute Gasteiger partial charge is 0.266 e. The van der Waals surface area contributed by atoms with Crippen molar-refractivity contribution in [2.45, 2.75) is 46.7 Å². The lowest BCUT2D eigenvalue weighted by Gasteiger charge is -2.09. The molecule has 1 N–H and O–H groups in total. The molecule has 0 saturated heterocycles. The second-order valence-corrected chi connectivity index (χ2v) is 4.77. The van der Waals surface area contributed by atoms with E-state index in [1.165, 1.54) is 12.8 Å². The van der Waals surface area contributed by atoms with Crippen molar-refractivity contribution in [3.63, 3.8) is 0 Å². The predicted octanol–water partition coefficient (Wildman–Crippen LogP) is 1.79. The summed E-state index contributed by atoms with van der Waals surface area (Å²) >= 11 is 0. The van der Waals surface area contributed by atoms with E-state index in [-0.39, 0.29) is 5.56 Å². The Morgan fingerprint density at radius 2 is 2.18 bits per heavy atom. The van der Waals surface area contributed by atoms with Crippen molar-refractivity contribution in [2.75, 3.05) is 6.54 Å². The van der Waals surface area contributed by atoms with Crippen molar-refractivity contribution >= 4 is 0 Å². The van der Waals surface area contributed by atoms with Crippen LogP contribution in [-0.4, -0.2) is 16.3 Å². The maximum atomic E-state index is 11.6. The molecule has 0 aliphatic rings. The fourth-order valence-corrected chi connectivity index (χ4v) is 1.58. The average molecular weight is 237 g/mol. The van der Waals surface area contributed by atoms with E-state index in [9.17, 15) is 4.79 Å². The summed E-state index contributed by atoms with van der Waals surface area (Å²) in [5, 5.41) is 7.68. The van der Waals surface area contributed by atoms with Crippen LogP contribution in [0.4, 0.5) is 0 Å². The van der Waals surface area contributed by atoms with E-state index in [1.54, 1.807) is 16.8 Å². The van der Waals surface area contributed by atoms with Gasteiger partial charge in [-0.3, -0.25) is 4.79 Å². The van der Waals surface area contributed by atoms with E-state index in [2.05, 4.69) is 31.2 Å². The van der Waals surface area contributed by atoms with Gasteiger partial charge in [-0.05, 0) is 24.9 Å². The summed E-state index contributed by atoms with van der Waals surface area (Å²) in [7, 11) is 0. The van der Waals surface area contributed by atoms with Gasteiger partial charge in [-0.1, -0.05) is 27.2 Å². The Hall–Kier alpha value is -1.16. The minimum absolute atomic E-state index is 0.0176. The second kappa shape index (κ2) is 7.22. The van der Waals surface area contributed by atoms with Gasteiger partial charge in [-0.2, -0.15) is 5.10 Å². The van der Waals surface area contributed by atoms with E-state index in [1.807, 2.05) is 0 Å². The molecule has 1 aromatic heterocycles.